The first-order valence-electron chi connectivity index (χ1n) is 8.97. The maximum Gasteiger partial charge on any atom is 0.293 e. The number of aryl methyl sites for hydroxylation is 1. The Bertz CT molecular complexity index is 970. The number of amides is 1. The van der Waals surface area contributed by atoms with E-state index >= 15 is 0 Å². The molecule has 1 amide bonds. The van der Waals surface area contributed by atoms with Crippen molar-refractivity contribution in [2.45, 2.75) is 26.2 Å². The number of hydrogen-bond acceptors (Lipinski definition) is 5. The number of nitrogens with two attached hydrogens (primary N) is 1. The van der Waals surface area contributed by atoms with Gasteiger partial charge in [-0.25, -0.2) is 14.5 Å². The standard InChI is InChI=1S/C17H20N6OS/c1-10-2-3-12-11(8-10)13-15-20-14(17(24)22-6-4-18-5-7-22)21-23(15)9-19-16(13)25-12/h9-10,18H,2-8H2,1H3/p+1/t10-/m0/s1. The van der Waals surface area contributed by atoms with Crippen molar-refractivity contribution in [2.75, 3.05) is 26.2 Å². The number of aromatic nitrogens is 4. The molecule has 1 atom stereocenters. The van der Waals surface area contributed by atoms with E-state index < -0.39 is 0 Å². The Labute approximate surface area is 149 Å². The van der Waals surface area contributed by atoms with E-state index in [2.05, 4.69) is 27.3 Å². The number of fused-ring (bicyclic) bond motifs is 5. The topological polar surface area (TPSA) is 80.0 Å². The number of carbonyl (C=O) groups excluding carboxylic acids is 1. The average Bonchev–Trinajstić information content (AvgIpc) is 3.22. The van der Waals surface area contributed by atoms with Crippen molar-refractivity contribution in [2.24, 2.45) is 5.92 Å². The summed E-state index contributed by atoms with van der Waals surface area (Å²) in [5.41, 5.74) is 2.15. The lowest BCUT2D eigenvalue weighted by atomic mass is 9.89. The van der Waals surface area contributed by atoms with Gasteiger partial charge in [0.25, 0.3) is 5.91 Å². The van der Waals surface area contributed by atoms with E-state index in [9.17, 15) is 4.79 Å². The van der Waals surface area contributed by atoms with Gasteiger partial charge in [0.15, 0.2) is 5.65 Å². The summed E-state index contributed by atoms with van der Waals surface area (Å²) in [5, 5.41) is 7.77. The molecule has 1 aliphatic carbocycles. The predicted octanol–water partition coefficient (Wildman–Crippen LogP) is 0.483. The summed E-state index contributed by atoms with van der Waals surface area (Å²) in [5.74, 6) is 0.904. The van der Waals surface area contributed by atoms with Gasteiger partial charge in [-0.05, 0) is 30.7 Å². The van der Waals surface area contributed by atoms with Crippen LogP contribution in [-0.4, -0.2) is 56.6 Å². The van der Waals surface area contributed by atoms with Gasteiger partial charge >= 0.3 is 0 Å². The lowest BCUT2D eigenvalue weighted by Gasteiger charge is -2.23. The molecule has 4 heterocycles. The van der Waals surface area contributed by atoms with Gasteiger partial charge in [-0.3, -0.25) is 4.79 Å². The van der Waals surface area contributed by atoms with Gasteiger partial charge in [0.2, 0.25) is 5.82 Å². The summed E-state index contributed by atoms with van der Waals surface area (Å²) in [7, 11) is 0. The van der Waals surface area contributed by atoms with Crippen LogP contribution in [0.5, 0.6) is 0 Å². The van der Waals surface area contributed by atoms with Crippen molar-refractivity contribution in [3.05, 3.63) is 22.6 Å². The van der Waals surface area contributed by atoms with E-state index in [4.69, 9.17) is 0 Å². The van der Waals surface area contributed by atoms with Crippen molar-refractivity contribution >= 4 is 33.1 Å². The Balaban J connectivity index is 1.63. The summed E-state index contributed by atoms with van der Waals surface area (Å²) in [6, 6.07) is 0. The first-order chi connectivity index (χ1) is 12.2. The summed E-state index contributed by atoms with van der Waals surface area (Å²) in [4.78, 5) is 26.3. The van der Waals surface area contributed by atoms with Gasteiger partial charge in [0.1, 0.15) is 11.2 Å². The molecule has 0 spiro atoms. The van der Waals surface area contributed by atoms with Gasteiger partial charge in [-0.1, -0.05) is 6.92 Å². The van der Waals surface area contributed by atoms with Gasteiger partial charge < -0.3 is 10.2 Å². The van der Waals surface area contributed by atoms with Crippen molar-refractivity contribution < 1.29 is 10.1 Å². The van der Waals surface area contributed by atoms with Crippen LogP contribution in [0.1, 0.15) is 34.4 Å². The zero-order valence-corrected chi connectivity index (χ0v) is 15.1. The normalized spacial score (nSPS) is 21.0. The van der Waals surface area contributed by atoms with Crippen LogP contribution in [0.2, 0.25) is 0 Å². The fourth-order valence-corrected chi connectivity index (χ4v) is 5.11. The highest BCUT2D eigenvalue weighted by Crippen LogP contribution is 2.38. The number of quaternary nitrogens is 1. The minimum absolute atomic E-state index is 0.0672. The summed E-state index contributed by atoms with van der Waals surface area (Å²) >= 11 is 1.77. The molecule has 2 aliphatic rings. The third kappa shape index (κ3) is 2.43. The maximum atomic E-state index is 12.7. The molecule has 2 N–H and O–H groups in total. The van der Waals surface area contributed by atoms with E-state index in [-0.39, 0.29) is 5.91 Å². The molecule has 0 bridgehead atoms. The Morgan fingerprint density at radius 1 is 1.36 bits per heavy atom. The number of carbonyl (C=O) groups is 1. The molecule has 7 nitrogen and oxygen atoms in total. The van der Waals surface area contributed by atoms with Gasteiger partial charge in [-0.15, -0.1) is 16.4 Å². The van der Waals surface area contributed by atoms with Crippen LogP contribution in [0.3, 0.4) is 0 Å². The number of hydrogen-bond donors (Lipinski definition) is 1. The molecular formula is C17H21N6OS+. The molecule has 1 fully saturated rings. The first kappa shape index (κ1) is 15.2. The zero-order chi connectivity index (χ0) is 17.0. The number of rotatable bonds is 1. The van der Waals surface area contributed by atoms with E-state index in [0.717, 1.165) is 54.9 Å². The molecule has 1 saturated heterocycles. The number of thiophene rings is 1. The maximum absolute atomic E-state index is 12.7. The van der Waals surface area contributed by atoms with Crippen LogP contribution in [0.4, 0.5) is 0 Å². The minimum atomic E-state index is -0.0672. The molecule has 3 aromatic rings. The predicted molar refractivity (Wildman–Crippen MR) is 94.9 cm³/mol. The third-order valence-electron chi connectivity index (χ3n) is 5.31. The molecule has 0 aromatic carbocycles. The smallest absolute Gasteiger partial charge is 0.293 e. The molecule has 0 radical (unpaired) electrons. The van der Waals surface area contributed by atoms with Crippen LogP contribution in [0.15, 0.2) is 6.33 Å². The Hall–Kier alpha value is -2.06. The fraction of sp³-hybridized carbons (Fsp3) is 0.529. The molecule has 25 heavy (non-hydrogen) atoms. The molecule has 5 rings (SSSR count). The molecule has 3 aromatic heterocycles. The molecule has 0 unspecified atom stereocenters. The van der Waals surface area contributed by atoms with Crippen LogP contribution in [0.25, 0.3) is 15.9 Å². The summed E-state index contributed by atoms with van der Waals surface area (Å²) < 4.78 is 1.68. The van der Waals surface area contributed by atoms with Gasteiger partial charge in [0.05, 0.1) is 31.6 Å². The highest BCUT2D eigenvalue weighted by atomic mass is 32.1. The number of piperazine rings is 1. The van der Waals surface area contributed by atoms with E-state index in [1.807, 2.05) is 4.90 Å². The van der Waals surface area contributed by atoms with E-state index in [1.165, 1.54) is 16.9 Å². The van der Waals surface area contributed by atoms with E-state index in [0.29, 0.717) is 11.7 Å². The number of nitrogens with zero attached hydrogens (tertiary/aromatic N) is 5. The monoisotopic (exact) mass is 357 g/mol. The molecule has 8 heteroatoms. The van der Waals surface area contributed by atoms with Gasteiger partial charge in [-0.2, -0.15) is 0 Å². The molecule has 1 aliphatic heterocycles. The SMILES string of the molecule is C[C@H]1CCc2sc3ncn4nc(C(=O)N5CC[NH2+]CC5)nc4c3c2C1. The van der Waals surface area contributed by atoms with Crippen LogP contribution in [-0.2, 0) is 12.8 Å². The Kier molecular flexibility index (Phi) is 3.49. The largest absolute Gasteiger partial charge is 0.343 e. The van der Waals surface area contributed by atoms with Gasteiger partial charge in [0, 0.05) is 4.88 Å². The molecular weight excluding hydrogens is 336 g/mol. The van der Waals surface area contributed by atoms with Crippen molar-refractivity contribution in [1.29, 1.82) is 0 Å². The fourth-order valence-electron chi connectivity index (χ4n) is 3.93. The Morgan fingerprint density at radius 2 is 2.20 bits per heavy atom. The highest BCUT2D eigenvalue weighted by molar-refractivity contribution is 7.19. The zero-order valence-electron chi connectivity index (χ0n) is 14.2. The van der Waals surface area contributed by atoms with Crippen molar-refractivity contribution in [3.63, 3.8) is 0 Å². The quantitative estimate of drug-likeness (QED) is 0.687. The van der Waals surface area contributed by atoms with E-state index in [1.54, 1.807) is 22.2 Å². The average molecular weight is 357 g/mol. The molecule has 0 saturated carbocycles. The summed E-state index contributed by atoms with van der Waals surface area (Å²) in [6.45, 7) is 5.70. The first-order valence-corrected chi connectivity index (χ1v) is 9.79. The third-order valence-corrected chi connectivity index (χ3v) is 6.51. The van der Waals surface area contributed by atoms with Crippen LogP contribution < -0.4 is 5.32 Å². The minimum Gasteiger partial charge on any atom is -0.343 e. The van der Waals surface area contributed by atoms with Crippen molar-refractivity contribution in [3.8, 4) is 0 Å². The second-order valence-electron chi connectivity index (χ2n) is 7.14. The van der Waals surface area contributed by atoms with Crippen LogP contribution >= 0.6 is 11.3 Å². The second-order valence-corrected chi connectivity index (χ2v) is 8.22. The highest BCUT2D eigenvalue weighted by Gasteiger charge is 2.27. The molecule has 130 valence electrons. The van der Waals surface area contributed by atoms with Crippen molar-refractivity contribution in [1.82, 2.24) is 24.5 Å². The van der Waals surface area contributed by atoms with Crippen LogP contribution in [0, 0.1) is 5.92 Å². The Morgan fingerprint density at radius 3 is 3.04 bits per heavy atom. The summed E-state index contributed by atoms with van der Waals surface area (Å²) in [6.07, 6.45) is 5.11. The lowest BCUT2D eigenvalue weighted by Crippen LogP contribution is -2.89. The lowest BCUT2D eigenvalue weighted by molar-refractivity contribution is -0.661. The second kappa shape index (κ2) is 5.74.